The first-order valence-electron chi connectivity index (χ1n) is 9.71. The molecule has 3 aromatic carbocycles. The summed E-state index contributed by atoms with van der Waals surface area (Å²) in [6.07, 6.45) is -1.12. The number of nitrogens with one attached hydrogen (secondary N) is 1. The van der Waals surface area contributed by atoms with Gasteiger partial charge in [-0.15, -0.1) is 0 Å². The lowest BCUT2D eigenvalue weighted by Gasteiger charge is -2.27. The van der Waals surface area contributed by atoms with E-state index in [1.807, 2.05) is 42.5 Å². The van der Waals surface area contributed by atoms with Gasteiger partial charge < -0.3 is 10.0 Å². The van der Waals surface area contributed by atoms with Crippen molar-refractivity contribution in [3.63, 3.8) is 0 Å². The molecular formula is C24H22N2O4. The van der Waals surface area contributed by atoms with Gasteiger partial charge in [-0.05, 0) is 46.9 Å². The summed E-state index contributed by atoms with van der Waals surface area (Å²) < 4.78 is 0. The summed E-state index contributed by atoms with van der Waals surface area (Å²) >= 11 is 0. The largest absolute Gasteiger partial charge is 0.391 e. The third-order valence-electron chi connectivity index (χ3n) is 5.43. The molecular weight excluding hydrogens is 380 g/mol. The maximum Gasteiger partial charge on any atom is 0.268 e. The number of fused-ring (bicyclic) bond motifs is 1. The fraction of sp³-hybridized carbons (Fsp3) is 0.167. The van der Waals surface area contributed by atoms with Crippen LogP contribution in [0, 0.1) is 0 Å². The quantitative estimate of drug-likeness (QED) is 0.452. The van der Waals surface area contributed by atoms with Gasteiger partial charge in [-0.25, -0.2) is 5.48 Å². The molecule has 1 aliphatic rings. The van der Waals surface area contributed by atoms with Crippen LogP contribution in [0.5, 0.6) is 0 Å². The van der Waals surface area contributed by atoms with E-state index in [-0.39, 0.29) is 12.5 Å². The van der Waals surface area contributed by atoms with Gasteiger partial charge in [-0.1, -0.05) is 60.7 Å². The van der Waals surface area contributed by atoms with Crippen LogP contribution in [0.25, 0.3) is 22.3 Å². The van der Waals surface area contributed by atoms with E-state index in [1.165, 1.54) is 17.3 Å². The van der Waals surface area contributed by atoms with E-state index >= 15 is 0 Å². The van der Waals surface area contributed by atoms with Crippen LogP contribution in [-0.4, -0.2) is 39.2 Å². The molecule has 1 heterocycles. The Morgan fingerprint density at radius 3 is 2.10 bits per heavy atom. The van der Waals surface area contributed by atoms with Crippen LogP contribution in [0.4, 0.5) is 0 Å². The Bertz CT molecular complexity index is 1080. The highest BCUT2D eigenvalue weighted by molar-refractivity contribution is 6.01. The predicted molar refractivity (Wildman–Crippen MR) is 113 cm³/mol. The standard InChI is InChI=1S/C24H22N2O4/c1-15(27)22(23(28)25-30)26-14-20-13-19(11-12-21(20)24(26)29)18-9-7-17(8-10-18)16-5-3-2-4-6-16/h2-13,15,22,27,30H,14H2,1H3,(H,25,28)/t15-,22-/m1/s1. The van der Waals surface area contributed by atoms with Crippen molar-refractivity contribution in [1.29, 1.82) is 0 Å². The van der Waals surface area contributed by atoms with Gasteiger partial charge in [0, 0.05) is 12.1 Å². The van der Waals surface area contributed by atoms with Crippen LogP contribution < -0.4 is 5.48 Å². The van der Waals surface area contributed by atoms with Crippen molar-refractivity contribution in [2.75, 3.05) is 0 Å². The molecule has 0 aromatic heterocycles. The number of aliphatic hydroxyl groups is 1. The molecule has 6 heteroatoms. The number of hydrogen-bond donors (Lipinski definition) is 3. The fourth-order valence-corrected chi connectivity index (χ4v) is 3.92. The van der Waals surface area contributed by atoms with Crippen molar-refractivity contribution in [3.8, 4) is 22.3 Å². The first kappa shape index (κ1) is 19.8. The first-order chi connectivity index (χ1) is 14.5. The lowest BCUT2D eigenvalue weighted by atomic mass is 9.98. The van der Waals surface area contributed by atoms with Crippen LogP contribution in [0.1, 0.15) is 22.8 Å². The van der Waals surface area contributed by atoms with Gasteiger partial charge in [0.2, 0.25) is 0 Å². The molecule has 4 rings (SSSR count). The van der Waals surface area contributed by atoms with Gasteiger partial charge in [0.1, 0.15) is 6.04 Å². The Hall–Kier alpha value is -3.48. The number of hydroxylamine groups is 1. The van der Waals surface area contributed by atoms with Crippen LogP contribution in [0.2, 0.25) is 0 Å². The molecule has 0 saturated heterocycles. The minimum atomic E-state index is -1.16. The Kier molecular flexibility index (Phi) is 5.35. The van der Waals surface area contributed by atoms with E-state index in [2.05, 4.69) is 24.3 Å². The Morgan fingerprint density at radius 2 is 1.50 bits per heavy atom. The van der Waals surface area contributed by atoms with Crippen molar-refractivity contribution in [2.45, 2.75) is 25.6 Å². The number of carbonyl (C=O) groups is 2. The molecule has 2 amide bonds. The highest BCUT2D eigenvalue weighted by Gasteiger charge is 2.39. The van der Waals surface area contributed by atoms with Crippen LogP contribution >= 0.6 is 0 Å². The van der Waals surface area contributed by atoms with E-state index in [9.17, 15) is 14.7 Å². The van der Waals surface area contributed by atoms with Crippen LogP contribution in [0.3, 0.4) is 0 Å². The summed E-state index contributed by atoms with van der Waals surface area (Å²) in [5.41, 5.74) is 7.05. The average molecular weight is 402 g/mol. The molecule has 0 unspecified atom stereocenters. The molecule has 0 saturated carbocycles. The molecule has 0 spiro atoms. The lowest BCUT2D eigenvalue weighted by Crippen LogP contribution is -2.52. The van der Waals surface area contributed by atoms with Crippen molar-refractivity contribution in [3.05, 3.63) is 83.9 Å². The smallest absolute Gasteiger partial charge is 0.268 e. The third kappa shape index (κ3) is 3.58. The minimum absolute atomic E-state index is 0.188. The Morgan fingerprint density at radius 1 is 0.933 bits per heavy atom. The predicted octanol–water partition coefficient (Wildman–Crippen LogP) is 3.23. The number of benzene rings is 3. The van der Waals surface area contributed by atoms with Gasteiger partial charge in [-0.3, -0.25) is 14.8 Å². The van der Waals surface area contributed by atoms with Crippen molar-refractivity contribution < 1.29 is 19.9 Å². The molecule has 2 atom stereocenters. The minimum Gasteiger partial charge on any atom is -0.391 e. The van der Waals surface area contributed by atoms with Gasteiger partial charge in [0.05, 0.1) is 6.10 Å². The number of aliphatic hydroxyl groups excluding tert-OH is 1. The summed E-state index contributed by atoms with van der Waals surface area (Å²) in [5, 5.41) is 18.9. The molecule has 3 aromatic rings. The zero-order valence-electron chi connectivity index (χ0n) is 16.4. The SMILES string of the molecule is C[C@@H](O)[C@H](C(=O)NO)N1Cc2cc(-c3ccc(-c4ccccc4)cc3)ccc2C1=O. The second-order valence-corrected chi connectivity index (χ2v) is 7.41. The highest BCUT2D eigenvalue weighted by atomic mass is 16.5. The van der Waals surface area contributed by atoms with Gasteiger partial charge in [0.25, 0.3) is 11.8 Å². The molecule has 6 nitrogen and oxygen atoms in total. The van der Waals surface area contributed by atoms with E-state index in [0.29, 0.717) is 5.56 Å². The van der Waals surface area contributed by atoms with Gasteiger partial charge >= 0.3 is 0 Å². The third-order valence-corrected chi connectivity index (χ3v) is 5.43. The lowest BCUT2D eigenvalue weighted by molar-refractivity contribution is -0.137. The molecule has 3 N–H and O–H groups in total. The summed E-state index contributed by atoms with van der Waals surface area (Å²) in [6, 6.07) is 22.7. The number of carbonyl (C=O) groups excluding carboxylic acids is 2. The number of rotatable bonds is 5. The maximum atomic E-state index is 12.8. The van der Waals surface area contributed by atoms with E-state index < -0.39 is 18.1 Å². The normalized spacial score (nSPS) is 14.9. The molecule has 0 aliphatic carbocycles. The molecule has 30 heavy (non-hydrogen) atoms. The summed E-state index contributed by atoms with van der Waals surface area (Å²) in [4.78, 5) is 26.0. The first-order valence-corrected chi connectivity index (χ1v) is 9.71. The number of nitrogens with zero attached hydrogens (tertiary/aromatic N) is 1. The molecule has 1 aliphatic heterocycles. The average Bonchev–Trinajstić information content (AvgIpc) is 3.09. The van der Waals surface area contributed by atoms with Crippen molar-refractivity contribution in [1.82, 2.24) is 10.4 Å². The summed E-state index contributed by atoms with van der Waals surface area (Å²) in [6.45, 7) is 1.60. The summed E-state index contributed by atoms with van der Waals surface area (Å²) in [5.74, 6) is -1.16. The van der Waals surface area contributed by atoms with Crippen LogP contribution in [0.15, 0.2) is 72.8 Å². The second kappa shape index (κ2) is 8.10. The Labute approximate surface area is 174 Å². The molecule has 0 bridgehead atoms. The topological polar surface area (TPSA) is 89.9 Å². The van der Waals surface area contributed by atoms with Gasteiger partial charge in [-0.2, -0.15) is 0 Å². The zero-order valence-corrected chi connectivity index (χ0v) is 16.4. The van der Waals surface area contributed by atoms with Gasteiger partial charge in [0.15, 0.2) is 0 Å². The second-order valence-electron chi connectivity index (χ2n) is 7.41. The summed E-state index contributed by atoms with van der Waals surface area (Å²) in [7, 11) is 0. The maximum absolute atomic E-state index is 12.8. The van der Waals surface area contributed by atoms with E-state index in [1.54, 1.807) is 6.07 Å². The van der Waals surface area contributed by atoms with E-state index in [0.717, 1.165) is 27.8 Å². The fourth-order valence-electron chi connectivity index (χ4n) is 3.92. The molecule has 0 fully saturated rings. The molecule has 152 valence electrons. The zero-order chi connectivity index (χ0) is 21.3. The Balaban J connectivity index is 1.61. The highest BCUT2D eigenvalue weighted by Crippen LogP contribution is 2.31. The monoisotopic (exact) mass is 402 g/mol. The number of amides is 2. The number of hydrogen-bond acceptors (Lipinski definition) is 4. The van der Waals surface area contributed by atoms with Crippen molar-refractivity contribution >= 4 is 11.8 Å². The van der Waals surface area contributed by atoms with Crippen LogP contribution in [-0.2, 0) is 11.3 Å². The van der Waals surface area contributed by atoms with Crippen molar-refractivity contribution in [2.24, 2.45) is 0 Å². The molecule has 0 radical (unpaired) electrons. The van der Waals surface area contributed by atoms with E-state index in [4.69, 9.17) is 5.21 Å².